The van der Waals surface area contributed by atoms with Gasteiger partial charge >= 0.3 is 6.09 Å². The smallest absolute Gasteiger partial charge is 0.410 e. The monoisotopic (exact) mass is 475 g/mol. The highest BCUT2D eigenvalue weighted by molar-refractivity contribution is 5.83. The molecule has 2 saturated heterocycles. The predicted molar refractivity (Wildman–Crippen MR) is 134 cm³/mol. The van der Waals surface area contributed by atoms with Crippen LogP contribution in [-0.4, -0.2) is 72.1 Å². The Morgan fingerprint density at radius 2 is 1.76 bits per heavy atom. The van der Waals surface area contributed by atoms with E-state index in [1.165, 1.54) is 12.1 Å². The lowest BCUT2D eigenvalue weighted by molar-refractivity contribution is -0.117. The van der Waals surface area contributed by atoms with E-state index in [1.807, 2.05) is 18.7 Å². The normalized spacial score (nSPS) is 22.6. The number of hydrogen-bond donors (Lipinski definition) is 0. The van der Waals surface area contributed by atoms with Crippen LogP contribution in [0, 0.1) is 5.82 Å². The molecule has 0 N–H and O–H groups in total. The summed E-state index contributed by atoms with van der Waals surface area (Å²) in [4.78, 5) is 31.5. The molecular formula is C27H42FN3O3. The molecule has 2 aliphatic rings. The van der Waals surface area contributed by atoms with Gasteiger partial charge < -0.3 is 19.4 Å². The Kier molecular flexibility index (Phi) is 9.74. The number of amides is 1. The average Bonchev–Trinajstić information content (AvgIpc) is 3.21. The van der Waals surface area contributed by atoms with Crippen molar-refractivity contribution in [2.45, 2.75) is 96.8 Å². The topological polar surface area (TPSA) is 53.1 Å². The van der Waals surface area contributed by atoms with Crippen LogP contribution < -0.4 is 4.90 Å². The van der Waals surface area contributed by atoms with Crippen molar-refractivity contribution in [2.24, 2.45) is 0 Å². The van der Waals surface area contributed by atoms with Crippen molar-refractivity contribution < 1.29 is 18.7 Å². The molecule has 3 rings (SSSR count). The quantitative estimate of drug-likeness (QED) is 0.462. The molecule has 2 aliphatic heterocycles. The van der Waals surface area contributed by atoms with Gasteiger partial charge in [-0.05, 0) is 76.6 Å². The molecule has 0 aromatic heterocycles. The number of piperidine rings is 1. The van der Waals surface area contributed by atoms with Crippen LogP contribution in [-0.2, 0) is 9.53 Å². The number of Topliss-reactive ketones (excluding diaryl/α,β-unsaturated/α-hetero) is 1. The van der Waals surface area contributed by atoms with Crippen LogP contribution in [0.2, 0.25) is 0 Å². The van der Waals surface area contributed by atoms with Gasteiger partial charge in [-0.3, -0.25) is 4.79 Å². The maximum Gasteiger partial charge on any atom is 0.410 e. The van der Waals surface area contributed by atoms with E-state index in [0.29, 0.717) is 25.6 Å². The molecule has 3 atom stereocenters. The molecule has 190 valence electrons. The molecule has 0 aliphatic carbocycles. The fourth-order valence-corrected chi connectivity index (χ4v) is 5.65. The zero-order valence-electron chi connectivity index (χ0n) is 21.3. The van der Waals surface area contributed by atoms with Crippen LogP contribution in [0.25, 0.3) is 0 Å². The standard InChI is InChI=1S/C27H42FN3O3/c1-5-22(18-25-11-8-20(4)31(25)27(33)34-7-3)29-16-14-24(15-17-29)30(19-26(32)6-2)23-12-9-21(28)10-13-23/h9-10,12-13,20,22,24-25H,5-8,11,14-19H2,1-4H3. The molecule has 3 unspecified atom stereocenters. The number of carbonyl (C=O) groups excluding carboxylic acids is 2. The largest absolute Gasteiger partial charge is 0.450 e. The number of benzene rings is 1. The van der Waals surface area contributed by atoms with E-state index in [1.54, 1.807) is 12.1 Å². The highest BCUT2D eigenvalue weighted by Gasteiger charge is 2.38. The molecule has 1 aromatic carbocycles. The third-order valence-electron chi connectivity index (χ3n) is 7.64. The molecular weight excluding hydrogens is 433 g/mol. The second-order valence-electron chi connectivity index (χ2n) is 9.75. The van der Waals surface area contributed by atoms with E-state index in [4.69, 9.17) is 4.74 Å². The Morgan fingerprint density at radius 1 is 1.09 bits per heavy atom. The molecule has 2 fully saturated rings. The first-order valence-electron chi connectivity index (χ1n) is 13.1. The molecule has 1 amide bonds. The van der Waals surface area contributed by atoms with Crippen molar-refractivity contribution in [3.05, 3.63) is 30.1 Å². The molecule has 0 bridgehead atoms. The summed E-state index contributed by atoms with van der Waals surface area (Å²) in [6.07, 6.45) is 6.33. The minimum atomic E-state index is -0.260. The fraction of sp³-hybridized carbons (Fsp3) is 0.704. The SMILES string of the molecule is CCOC(=O)N1C(C)CCC1CC(CC)N1CCC(N(CC(=O)CC)c2ccc(F)cc2)CC1. The Labute approximate surface area is 204 Å². The number of likely N-dealkylation sites (tertiary alicyclic amines) is 2. The number of hydrogen-bond acceptors (Lipinski definition) is 5. The zero-order chi connectivity index (χ0) is 24.7. The lowest BCUT2D eigenvalue weighted by Gasteiger charge is -2.43. The van der Waals surface area contributed by atoms with E-state index in [0.717, 1.165) is 57.3 Å². The van der Waals surface area contributed by atoms with Crippen LogP contribution >= 0.6 is 0 Å². The second-order valence-corrected chi connectivity index (χ2v) is 9.75. The van der Waals surface area contributed by atoms with Gasteiger partial charge in [0.2, 0.25) is 0 Å². The van der Waals surface area contributed by atoms with Crippen molar-refractivity contribution in [1.82, 2.24) is 9.80 Å². The third-order valence-corrected chi connectivity index (χ3v) is 7.64. The van der Waals surface area contributed by atoms with E-state index in [-0.39, 0.29) is 35.8 Å². The highest BCUT2D eigenvalue weighted by Crippen LogP contribution is 2.31. The van der Waals surface area contributed by atoms with E-state index >= 15 is 0 Å². The molecule has 0 spiro atoms. The second kappa shape index (κ2) is 12.5. The van der Waals surface area contributed by atoms with Gasteiger partial charge in [0.25, 0.3) is 0 Å². The van der Waals surface area contributed by atoms with Gasteiger partial charge in [-0.1, -0.05) is 13.8 Å². The average molecular weight is 476 g/mol. The van der Waals surface area contributed by atoms with Crippen molar-refractivity contribution in [1.29, 1.82) is 0 Å². The van der Waals surface area contributed by atoms with Crippen molar-refractivity contribution in [3.63, 3.8) is 0 Å². The number of ketones is 1. The van der Waals surface area contributed by atoms with Crippen LogP contribution in [0.3, 0.4) is 0 Å². The van der Waals surface area contributed by atoms with Crippen LogP contribution in [0.5, 0.6) is 0 Å². The van der Waals surface area contributed by atoms with Crippen LogP contribution in [0.15, 0.2) is 24.3 Å². The zero-order valence-corrected chi connectivity index (χ0v) is 21.3. The number of halogens is 1. The summed E-state index contributed by atoms with van der Waals surface area (Å²) in [5.74, 6) is -0.0585. The fourth-order valence-electron chi connectivity index (χ4n) is 5.65. The first-order valence-corrected chi connectivity index (χ1v) is 13.1. The van der Waals surface area contributed by atoms with Gasteiger partial charge in [-0.25, -0.2) is 9.18 Å². The maximum atomic E-state index is 13.5. The summed E-state index contributed by atoms with van der Waals surface area (Å²) >= 11 is 0. The molecule has 6 nitrogen and oxygen atoms in total. The Balaban J connectivity index is 1.63. The number of carbonyl (C=O) groups is 2. The van der Waals surface area contributed by atoms with Gasteiger partial charge in [0.05, 0.1) is 13.2 Å². The van der Waals surface area contributed by atoms with Gasteiger partial charge in [-0.2, -0.15) is 0 Å². The Hall–Kier alpha value is -2.15. The number of rotatable bonds is 10. The van der Waals surface area contributed by atoms with Crippen molar-refractivity contribution >= 4 is 17.6 Å². The maximum absolute atomic E-state index is 13.5. The van der Waals surface area contributed by atoms with E-state index < -0.39 is 0 Å². The Morgan fingerprint density at radius 3 is 2.35 bits per heavy atom. The minimum absolute atomic E-state index is 0.179. The van der Waals surface area contributed by atoms with Crippen molar-refractivity contribution in [2.75, 3.05) is 31.1 Å². The van der Waals surface area contributed by atoms with Crippen LogP contribution in [0.1, 0.15) is 72.6 Å². The number of nitrogens with zero attached hydrogens (tertiary/aromatic N) is 3. The Bertz CT molecular complexity index is 795. The summed E-state index contributed by atoms with van der Waals surface area (Å²) in [7, 11) is 0. The molecule has 34 heavy (non-hydrogen) atoms. The molecule has 2 heterocycles. The first-order chi connectivity index (χ1) is 16.4. The molecule has 0 saturated carbocycles. The first kappa shape index (κ1) is 26.5. The predicted octanol–water partition coefficient (Wildman–Crippen LogP) is 5.25. The third kappa shape index (κ3) is 6.49. The number of anilines is 1. The molecule has 0 radical (unpaired) electrons. The van der Waals surface area contributed by atoms with Gasteiger partial charge in [-0.15, -0.1) is 0 Å². The summed E-state index contributed by atoms with van der Waals surface area (Å²) in [5, 5.41) is 0. The molecule has 1 aromatic rings. The summed E-state index contributed by atoms with van der Waals surface area (Å²) in [6.45, 7) is 10.8. The van der Waals surface area contributed by atoms with Gasteiger partial charge in [0.15, 0.2) is 5.78 Å². The lowest BCUT2D eigenvalue weighted by Crippen LogP contribution is -2.51. The summed E-state index contributed by atoms with van der Waals surface area (Å²) < 4.78 is 18.8. The highest BCUT2D eigenvalue weighted by atomic mass is 19.1. The van der Waals surface area contributed by atoms with Crippen molar-refractivity contribution in [3.8, 4) is 0 Å². The molecule has 7 heteroatoms. The van der Waals surface area contributed by atoms with E-state index in [2.05, 4.69) is 23.6 Å². The summed E-state index contributed by atoms with van der Waals surface area (Å²) in [5.41, 5.74) is 0.915. The van der Waals surface area contributed by atoms with Crippen LogP contribution in [0.4, 0.5) is 14.9 Å². The van der Waals surface area contributed by atoms with E-state index in [9.17, 15) is 14.0 Å². The number of ether oxygens (including phenoxy) is 1. The minimum Gasteiger partial charge on any atom is -0.450 e. The van der Waals surface area contributed by atoms with Gasteiger partial charge in [0.1, 0.15) is 5.82 Å². The lowest BCUT2D eigenvalue weighted by atomic mass is 9.96. The summed E-state index contributed by atoms with van der Waals surface area (Å²) in [6, 6.07) is 7.65. The van der Waals surface area contributed by atoms with Gasteiger partial charge in [0, 0.05) is 49.4 Å².